The molecule has 7 heteroatoms. The van der Waals surface area contributed by atoms with Crippen LogP contribution in [0.25, 0.3) is 11.3 Å². The first kappa shape index (κ1) is 18.0. The standard InChI is InChI=1S/C19H19N3O3S/c1-2-25-17-3-5-18(6-4-17)26(23,24)22-14-15-7-12-21-19(13-15)16-8-10-20-11-9-16/h3-13,22H,2,14H2,1H3. The van der Waals surface area contributed by atoms with Crippen LogP contribution in [0.15, 0.2) is 72.0 Å². The molecule has 0 radical (unpaired) electrons. The summed E-state index contributed by atoms with van der Waals surface area (Å²) in [7, 11) is -3.60. The van der Waals surface area contributed by atoms with Gasteiger partial charge in [0.2, 0.25) is 10.0 Å². The molecule has 6 nitrogen and oxygen atoms in total. The highest BCUT2D eigenvalue weighted by molar-refractivity contribution is 7.89. The summed E-state index contributed by atoms with van der Waals surface area (Å²) in [5.41, 5.74) is 2.52. The smallest absolute Gasteiger partial charge is 0.240 e. The van der Waals surface area contributed by atoms with Crippen molar-refractivity contribution in [1.82, 2.24) is 14.7 Å². The maximum atomic E-state index is 12.5. The van der Waals surface area contributed by atoms with Crippen LogP contribution in [0.2, 0.25) is 0 Å². The van der Waals surface area contributed by atoms with Crippen LogP contribution in [-0.4, -0.2) is 25.0 Å². The highest BCUT2D eigenvalue weighted by atomic mass is 32.2. The number of nitrogens with zero attached hydrogens (tertiary/aromatic N) is 2. The number of sulfonamides is 1. The van der Waals surface area contributed by atoms with Crippen LogP contribution >= 0.6 is 0 Å². The van der Waals surface area contributed by atoms with Crippen molar-refractivity contribution in [2.24, 2.45) is 0 Å². The predicted octanol–water partition coefficient (Wildman–Crippen LogP) is 3.02. The summed E-state index contributed by atoms with van der Waals surface area (Å²) >= 11 is 0. The van der Waals surface area contributed by atoms with Gasteiger partial charge in [0, 0.05) is 30.7 Å². The minimum Gasteiger partial charge on any atom is -0.494 e. The SMILES string of the molecule is CCOc1ccc(S(=O)(=O)NCc2ccnc(-c3ccncc3)c2)cc1. The zero-order valence-electron chi connectivity index (χ0n) is 14.3. The second-order valence-electron chi connectivity index (χ2n) is 5.51. The number of hydrogen-bond acceptors (Lipinski definition) is 5. The predicted molar refractivity (Wildman–Crippen MR) is 99.1 cm³/mol. The highest BCUT2D eigenvalue weighted by Gasteiger charge is 2.14. The van der Waals surface area contributed by atoms with Crippen molar-refractivity contribution >= 4 is 10.0 Å². The van der Waals surface area contributed by atoms with Gasteiger partial charge >= 0.3 is 0 Å². The molecule has 0 aliphatic carbocycles. The molecule has 0 aliphatic heterocycles. The number of ether oxygens (including phenoxy) is 1. The molecule has 0 saturated heterocycles. The summed E-state index contributed by atoms with van der Waals surface area (Å²) in [4.78, 5) is 8.50. The zero-order valence-corrected chi connectivity index (χ0v) is 15.1. The van der Waals surface area contributed by atoms with Crippen LogP contribution in [0.4, 0.5) is 0 Å². The lowest BCUT2D eigenvalue weighted by Crippen LogP contribution is -2.23. The van der Waals surface area contributed by atoms with E-state index in [1.165, 1.54) is 12.1 Å². The van der Waals surface area contributed by atoms with Crippen LogP contribution in [0.3, 0.4) is 0 Å². The molecule has 3 rings (SSSR count). The van der Waals surface area contributed by atoms with Crippen molar-refractivity contribution in [1.29, 1.82) is 0 Å². The summed E-state index contributed by atoms with van der Waals surface area (Å²) in [6.07, 6.45) is 5.05. The molecule has 0 aliphatic rings. The van der Waals surface area contributed by atoms with Gasteiger partial charge in [0.15, 0.2) is 0 Å². The van der Waals surface area contributed by atoms with Crippen molar-refractivity contribution in [3.8, 4) is 17.0 Å². The zero-order chi connectivity index (χ0) is 18.4. The van der Waals surface area contributed by atoms with E-state index in [2.05, 4.69) is 14.7 Å². The van der Waals surface area contributed by atoms with Crippen LogP contribution < -0.4 is 9.46 Å². The highest BCUT2D eigenvalue weighted by Crippen LogP contribution is 2.18. The van der Waals surface area contributed by atoms with Gasteiger partial charge in [-0.05, 0) is 61.0 Å². The maximum Gasteiger partial charge on any atom is 0.240 e. The average molecular weight is 369 g/mol. The summed E-state index contributed by atoms with van der Waals surface area (Å²) in [6.45, 7) is 2.59. The summed E-state index contributed by atoms with van der Waals surface area (Å²) in [5.74, 6) is 0.641. The lowest BCUT2D eigenvalue weighted by atomic mass is 10.1. The van der Waals surface area contributed by atoms with Gasteiger partial charge in [-0.2, -0.15) is 0 Å². The average Bonchev–Trinajstić information content (AvgIpc) is 2.68. The van der Waals surface area contributed by atoms with Gasteiger partial charge in [-0.15, -0.1) is 0 Å². The quantitative estimate of drug-likeness (QED) is 0.692. The Hall–Kier alpha value is -2.77. The Morgan fingerprint density at radius 3 is 2.42 bits per heavy atom. The Labute approximate surface area is 153 Å². The molecule has 26 heavy (non-hydrogen) atoms. The van der Waals surface area contributed by atoms with Crippen LogP contribution in [0.1, 0.15) is 12.5 Å². The molecule has 134 valence electrons. The lowest BCUT2D eigenvalue weighted by molar-refractivity contribution is 0.340. The Balaban J connectivity index is 1.72. The van der Waals surface area contributed by atoms with Crippen molar-refractivity contribution in [3.63, 3.8) is 0 Å². The molecule has 0 saturated carbocycles. The van der Waals surface area contributed by atoms with Crippen molar-refractivity contribution < 1.29 is 13.2 Å². The molecule has 1 aromatic carbocycles. The first-order valence-electron chi connectivity index (χ1n) is 8.16. The van der Waals surface area contributed by atoms with E-state index in [4.69, 9.17) is 4.74 Å². The number of hydrogen-bond donors (Lipinski definition) is 1. The first-order chi connectivity index (χ1) is 12.6. The first-order valence-corrected chi connectivity index (χ1v) is 9.64. The van der Waals surface area contributed by atoms with Gasteiger partial charge in [0.25, 0.3) is 0 Å². The molecular formula is C19H19N3O3S. The van der Waals surface area contributed by atoms with Gasteiger partial charge < -0.3 is 4.74 Å². The molecule has 1 N–H and O–H groups in total. The van der Waals surface area contributed by atoms with Gasteiger partial charge in [-0.3, -0.25) is 9.97 Å². The fourth-order valence-electron chi connectivity index (χ4n) is 2.41. The fraction of sp³-hybridized carbons (Fsp3) is 0.158. The summed E-state index contributed by atoms with van der Waals surface area (Å²) in [6, 6.07) is 13.7. The number of rotatable bonds is 7. The van der Waals surface area contributed by atoms with Crippen molar-refractivity contribution in [2.75, 3.05) is 6.61 Å². The second-order valence-corrected chi connectivity index (χ2v) is 7.28. The van der Waals surface area contributed by atoms with Gasteiger partial charge in [-0.1, -0.05) is 0 Å². The third-order valence-corrected chi connectivity index (χ3v) is 5.13. The van der Waals surface area contributed by atoms with Gasteiger partial charge in [0.1, 0.15) is 5.75 Å². The van der Waals surface area contributed by atoms with Crippen LogP contribution in [0.5, 0.6) is 5.75 Å². The maximum absolute atomic E-state index is 12.5. The molecule has 0 bridgehead atoms. The minimum absolute atomic E-state index is 0.177. The number of aromatic nitrogens is 2. The van der Waals surface area contributed by atoms with E-state index in [1.54, 1.807) is 36.8 Å². The molecule has 0 spiro atoms. The third kappa shape index (κ3) is 4.44. The second kappa shape index (κ2) is 8.07. The number of nitrogens with one attached hydrogen (secondary N) is 1. The molecule has 3 aromatic rings. The molecule has 2 heterocycles. The Morgan fingerprint density at radius 1 is 1.00 bits per heavy atom. The van der Waals surface area contributed by atoms with E-state index >= 15 is 0 Å². The molecular weight excluding hydrogens is 350 g/mol. The van der Waals surface area contributed by atoms with Crippen LogP contribution in [-0.2, 0) is 16.6 Å². The Morgan fingerprint density at radius 2 is 1.73 bits per heavy atom. The van der Waals surface area contributed by atoms with E-state index in [1.807, 2.05) is 25.1 Å². The normalized spacial score (nSPS) is 11.3. The summed E-state index contributed by atoms with van der Waals surface area (Å²) in [5, 5.41) is 0. The third-order valence-electron chi connectivity index (χ3n) is 3.71. The van der Waals surface area contributed by atoms with E-state index in [-0.39, 0.29) is 11.4 Å². The Kier molecular flexibility index (Phi) is 5.60. The Bertz CT molecular complexity index is 959. The minimum atomic E-state index is -3.60. The van der Waals surface area contributed by atoms with Gasteiger partial charge in [-0.25, -0.2) is 13.1 Å². The fourth-order valence-corrected chi connectivity index (χ4v) is 3.43. The van der Waals surface area contributed by atoms with E-state index in [0.29, 0.717) is 12.4 Å². The lowest BCUT2D eigenvalue weighted by Gasteiger charge is -2.09. The van der Waals surface area contributed by atoms with E-state index < -0.39 is 10.0 Å². The molecule has 0 unspecified atom stereocenters. The molecule has 2 aromatic heterocycles. The van der Waals surface area contributed by atoms with E-state index in [0.717, 1.165) is 16.8 Å². The number of benzene rings is 1. The molecule has 0 amide bonds. The van der Waals surface area contributed by atoms with E-state index in [9.17, 15) is 8.42 Å². The van der Waals surface area contributed by atoms with Crippen molar-refractivity contribution in [3.05, 3.63) is 72.7 Å². The van der Waals surface area contributed by atoms with Gasteiger partial charge in [0.05, 0.1) is 17.2 Å². The van der Waals surface area contributed by atoms with Crippen LogP contribution in [0, 0.1) is 0 Å². The topological polar surface area (TPSA) is 81.2 Å². The summed E-state index contributed by atoms with van der Waals surface area (Å²) < 4.78 is 32.9. The molecule has 0 fully saturated rings. The number of pyridine rings is 2. The van der Waals surface area contributed by atoms with Crippen molar-refractivity contribution in [2.45, 2.75) is 18.4 Å². The largest absolute Gasteiger partial charge is 0.494 e. The molecule has 0 atom stereocenters. The monoisotopic (exact) mass is 369 g/mol.